The minimum Gasteiger partial charge on any atom is -0.292 e. The van der Waals surface area contributed by atoms with Crippen LogP contribution in [0.2, 0.25) is 19.6 Å². The Balaban J connectivity index is 2.06. The smallest absolute Gasteiger partial charge is 0.145 e. The van der Waals surface area contributed by atoms with Gasteiger partial charge in [0.25, 0.3) is 0 Å². The van der Waals surface area contributed by atoms with Gasteiger partial charge in [-0.3, -0.25) is 4.57 Å². The van der Waals surface area contributed by atoms with Gasteiger partial charge >= 0.3 is 0 Å². The summed E-state index contributed by atoms with van der Waals surface area (Å²) in [6, 6.07) is 25.1. The number of fused-ring (bicyclic) bond motifs is 1. The molecule has 0 N–H and O–H groups in total. The molecule has 5 aromatic rings. The van der Waals surface area contributed by atoms with Gasteiger partial charge in [0, 0.05) is 24.8 Å². The van der Waals surface area contributed by atoms with Crippen molar-refractivity contribution in [2.45, 2.75) is 58.8 Å². The Morgan fingerprint density at radius 3 is 2.03 bits per heavy atom. The molecule has 3 heteroatoms. The average molecular weight is 517 g/mol. The minimum atomic E-state index is -3.54. The highest BCUT2D eigenvalue weighted by molar-refractivity contribution is 6.89. The number of hydrogen-bond acceptors (Lipinski definition) is 1. The normalized spacial score (nSPS) is 19.6. The van der Waals surface area contributed by atoms with Crippen LogP contribution in [0.5, 0.6) is 0 Å². The maximum absolute atomic E-state index is 9.25. The number of benzene rings is 4. The van der Waals surface area contributed by atoms with Crippen LogP contribution in [0, 0.1) is 0 Å². The van der Waals surface area contributed by atoms with Gasteiger partial charge in [0.05, 0.1) is 24.8 Å². The van der Waals surface area contributed by atoms with Crippen LogP contribution >= 0.6 is 0 Å². The van der Waals surface area contributed by atoms with Crippen LogP contribution < -0.4 is 5.19 Å². The van der Waals surface area contributed by atoms with E-state index in [1.165, 1.54) is 4.57 Å². The monoisotopic (exact) mass is 516 g/mol. The molecule has 0 aliphatic rings. The first-order valence-electron chi connectivity index (χ1n) is 19.1. The van der Waals surface area contributed by atoms with Crippen LogP contribution in [0.3, 0.4) is 0 Å². The third-order valence-electron chi connectivity index (χ3n) is 6.53. The van der Waals surface area contributed by atoms with Gasteiger partial charge < -0.3 is 0 Å². The summed E-state index contributed by atoms with van der Waals surface area (Å²) in [7, 11) is -1.97. The predicted octanol–water partition coefficient (Wildman–Crippen LogP) is 9.15. The molecular weight excluding hydrogens is 464 g/mol. The summed E-state index contributed by atoms with van der Waals surface area (Å²) < 4.78 is 120. The molecule has 0 bridgehead atoms. The zero-order chi connectivity index (χ0) is 38.2. The Bertz CT molecular complexity index is 1980. The summed E-state index contributed by atoms with van der Waals surface area (Å²) in [5, 5.41) is 1.12. The molecule has 1 aromatic heterocycles. The summed E-state index contributed by atoms with van der Waals surface area (Å²) in [6.45, 7) is -7.55. The third kappa shape index (κ3) is 4.69. The molecule has 0 atom stereocenters. The molecule has 0 spiro atoms. The van der Waals surface area contributed by atoms with E-state index in [4.69, 9.17) is 21.4 Å². The maximum Gasteiger partial charge on any atom is 0.145 e. The van der Waals surface area contributed by atoms with Gasteiger partial charge in [-0.15, -0.1) is 0 Å². The topological polar surface area (TPSA) is 17.8 Å². The van der Waals surface area contributed by atoms with E-state index in [-0.39, 0.29) is 11.3 Å². The zero-order valence-electron chi connectivity index (χ0n) is 35.1. The van der Waals surface area contributed by atoms with Crippen molar-refractivity contribution in [2.24, 2.45) is 0 Å². The van der Waals surface area contributed by atoms with Gasteiger partial charge in [-0.2, -0.15) is 0 Å². The van der Waals surface area contributed by atoms with E-state index in [0.717, 1.165) is 34.5 Å². The van der Waals surface area contributed by atoms with Crippen LogP contribution in [0.4, 0.5) is 0 Å². The van der Waals surface area contributed by atoms with E-state index in [9.17, 15) is 2.74 Å². The maximum atomic E-state index is 9.25. The highest BCUT2D eigenvalue weighted by Crippen LogP contribution is 2.38. The minimum absolute atomic E-state index is 0.0982. The molecule has 0 fully saturated rings. The molecule has 0 unspecified atom stereocenters. The second-order valence-corrected chi connectivity index (χ2v) is 15.1. The Morgan fingerprint density at radius 2 is 1.38 bits per heavy atom. The van der Waals surface area contributed by atoms with E-state index in [2.05, 4.69) is 19.6 Å². The lowest BCUT2D eigenvalue weighted by Gasteiger charge is -2.24. The van der Waals surface area contributed by atoms with Gasteiger partial charge in [0.1, 0.15) is 5.82 Å². The Labute approximate surface area is 242 Å². The number of nitrogens with zero attached hydrogens (tertiary/aromatic N) is 2. The fourth-order valence-corrected chi connectivity index (χ4v) is 6.44. The van der Waals surface area contributed by atoms with Crippen LogP contribution in [-0.2, 0) is 0 Å². The standard InChI is InChI=1S/C34H38N2Si/c1-23(2)27-16-13-17-28(24(3)4)33(27)36-31-19-12-11-18-30(31)35-34(36)26-20-21-32(37(5,6)7)29(22-26)25-14-9-8-10-15-25/h8-24H,1-7H3/i1D3,2D3,3D3,4D3,23D,24D. The molecule has 0 saturated heterocycles. The quantitative estimate of drug-likeness (QED) is 0.206. The summed E-state index contributed by atoms with van der Waals surface area (Å²) in [6.07, 6.45) is 0. The predicted molar refractivity (Wildman–Crippen MR) is 163 cm³/mol. The second-order valence-electron chi connectivity index (χ2n) is 10.1. The number of hydrogen-bond donors (Lipinski definition) is 0. The van der Waals surface area contributed by atoms with Crippen LogP contribution in [0.1, 0.15) is 69.5 Å². The molecule has 188 valence electrons. The summed E-state index contributed by atoms with van der Waals surface area (Å²) in [5.74, 6) is -6.72. The number of para-hydroxylation sites is 3. The van der Waals surface area contributed by atoms with Crippen molar-refractivity contribution in [3.63, 3.8) is 0 Å². The van der Waals surface area contributed by atoms with Crippen molar-refractivity contribution in [1.82, 2.24) is 9.55 Å². The number of aromatic nitrogens is 2. The lowest BCUT2D eigenvalue weighted by atomic mass is 9.92. The lowest BCUT2D eigenvalue weighted by Crippen LogP contribution is -2.39. The summed E-state index contributed by atoms with van der Waals surface area (Å²) in [5.41, 5.74) is 0.914. The first kappa shape index (κ1) is 13.4. The molecule has 0 radical (unpaired) electrons. The lowest BCUT2D eigenvalue weighted by molar-refractivity contribution is 0.811. The molecule has 0 saturated carbocycles. The molecular formula is C34H38N2Si. The Hall–Kier alpha value is -3.43. The Morgan fingerprint density at radius 1 is 0.730 bits per heavy atom. The molecule has 0 aliphatic heterocycles. The zero-order valence-corrected chi connectivity index (χ0v) is 22.1. The summed E-state index contributed by atoms with van der Waals surface area (Å²) in [4.78, 5) is 4.87. The number of imidazole rings is 1. The van der Waals surface area contributed by atoms with Gasteiger partial charge in [0.2, 0.25) is 0 Å². The van der Waals surface area contributed by atoms with E-state index in [1.807, 2.05) is 48.5 Å². The summed E-state index contributed by atoms with van der Waals surface area (Å²) >= 11 is 0. The SMILES string of the molecule is [2H]C([2H])([2H])C([2H])(c1cccc(C([2H])(C([2H])([2H])[2H])C([2H])([2H])[2H])c1-n1c(-c2ccc([Si](C)(C)C)c(-c3ccccc3)c2)nc2ccccc21)C([2H])([2H])[2H]. The van der Waals surface area contributed by atoms with Gasteiger partial charge in [-0.1, -0.05) is 125 Å². The van der Waals surface area contributed by atoms with Gasteiger partial charge in [0.15, 0.2) is 0 Å². The third-order valence-corrected chi connectivity index (χ3v) is 8.58. The highest BCUT2D eigenvalue weighted by Gasteiger charge is 2.25. The van der Waals surface area contributed by atoms with Crippen LogP contribution in [0.15, 0.2) is 91.0 Å². The molecule has 0 aliphatic carbocycles. The first-order chi connectivity index (χ1) is 23.3. The van der Waals surface area contributed by atoms with E-state index in [0.29, 0.717) is 11.1 Å². The van der Waals surface area contributed by atoms with Crippen molar-refractivity contribution >= 4 is 24.3 Å². The largest absolute Gasteiger partial charge is 0.292 e. The van der Waals surface area contributed by atoms with Crippen molar-refractivity contribution < 1.29 is 19.2 Å². The molecule has 4 aromatic carbocycles. The first-order valence-corrected chi connectivity index (χ1v) is 15.6. The fraction of sp³-hybridized carbons (Fsp3) is 0.265. The van der Waals surface area contributed by atoms with E-state index >= 15 is 0 Å². The van der Waals surface area contributed by atoms with Crippen LogP contribution in [0.25, 0.3) is 39.2 Å². The van der Waals surface area contributed by atoms with Crippen molar-refractivity contribution in [1.29, 1.82) is 0 Å². The second kappa shape index (κ2) is 9.79. The van der Waals surface area contributed by atoms with Crippen molar-refractivity contribution in [3.8, 4) is 28.2 Å². The molecule has 2 nitrogen and oxygen atoms in total. The van der Waals surface area contributed by atoms with Crippen molar-refractivity contribution in [2.75, 3.05) is 0 Å². The van der Waals surface area contributed by atoms with Gasteiger partial charge in [-0.05, 0) is 52.2 Å². The average Bonchev–Trinajstić information content (AvgIpc) is 3.40. The van der Waals surface area contributed by atoms with E-state index in [1.54, 1.807) is 24.3 Å². The van der Waals surface area contributed by atoms with E-state index < -0.39 is 64.1 Å². The molecule has 1 heterocycles. The Kier molecular flexibility index (Phi) is 3.54. The molecule has 0 amide bonds. The highest BCUT2D eigenvalue weighted by atomic mass is 28.3. The molecule has 37 heavy (non-hydrogen) atoms. The fourth-order valence-electron chi connectivity index (χ4n) is 4.83. The van der Waals surface area contributed by atoms with Gasteiger partial charge in [-0.25, -0.2) is 4.98 Å². The van der Waals surface area contributed by atoms with Crippen molar-refractivity contribution in [3.05, 3.63) is 102 Å². The van der Waals surface area contributed by atoms with Crippen LogP contribution in [-0.4, -0.2) is 17.6 Å². The molecule has 5 rings (SSSR count). The number of rotatable bonds is 6.